The van der Waals surface area contributed by atoms with E-state index < -0.39 is 0 Å². The van der Waals surface area contributed by atoms with Crippen LogP contribution in [0.1, 0.15) is 29.8 Å². The van der Waals surface area contributed by atoms with Gasteiger partial charge in [-0.1, -0.05) is 53.5 Å². The lowest BCUT2D eigenvalue weighted by Gasteiger charge is -2.11. The summed E-state index contributed by atoms with van der Waals surface area (Å²) in [6, 6.07) is 18.2. The molecule has 0 saturated carbocycles. The molecule has 0 spiro atoms. The summed E-state index contributed by atoms with van der Waals surface area (Å²) in [4.78, 5) is 0. The van der Waals surface area contributed by atoms with Gasteiger partial charge in [0.1, 0.15) is 17.7 Å². The Morgan fingerprint density at radius 3 is 2.54 bits per heavy atom. The summed E-state index contributed by atoms with van der Waals surface area (Å²) < 4.78 is 1.80. The van der Waals surface area contributed by atoms with Crippen molar-refractivity contribution in [3.63, 3.8) is 0 Å². The lowest BCUT2D eigenvalue weighted by molar-refractivity contribution is -0.708. The summed E-state index contributed by atoms with van der Waals surface area (Å²) in [6.45, 7) is 4.93. The topological polar surface area (TPSA) is 34.4 Å². The van der Waals surface area contributed by atoms with Gasteiger partial charge in [0.25, 0.3) is 0 Å². The molecule has 3 nitrogen and oxygen atoms in total. The first kappa shape index (κ1) is 17.0. The van der Waals surface area contributed by atoms with Crippen molar-refractivity contribution in [2.24, 2.45) is 0 Å². The second-order valence-corrected chi connectivity index (χ2v) is 6.68. The third-order valence-corrected chi connectivity index (χ3v) is 4.80. The number of quaternary nitrogens is 1. The highest BCUT2D eigenvalue weighted by Crippen LogP contribution is 2.23. The van der Waals surface area contributed by atoms with Crippen molar-refractivity contribution in [2.45, 2.75) is 26.4 Å². The van der Waals surface area contributed by atoms with Crippen LogP contribution >= 0.6 is 23.2 Å². The predicted molar refractivity (Wildman–Crippen MR) is 98.8 cm³/mol. The number of halogens is 2. The van der Waals surface area contributed by atoms with E-state index >= 15 is 0 Å². The number of benzene rings is 2. The molecule has 3 rings (SSSR count). The van der Waals surface area contributed by atoms with E-state index in [2.05, 4.69) is 23.4 Å². The number of hydrogen-bond donors (Lipinski definition) is 1. The van der Waals surface area contributed by atoms with Crippen LogP contribution < -0.4 is 5.32 Å². The quantitative estimate of drug-likeness (QED) is 0.722. The molecule has 1 atom stereocenters. The van der Waals surface area contributed by atoms with E-state index in [1.165, 1.54) is 5.56 Å². The summed E-state index contributed by atoms with van der Waals surface area (Å²) >= 11 is 12.7. The smallest absolute Gasteiger partial charge is 0.142 e. The number of aromatic nitrogens is 2. The van der Waals surface area contributed by atoms with Gasteiger partial charge >= 0.3 is 0 Å². The summed E-state index contributed by atoms with van der Waals surface area (Å²) in [6.07, 6.45) is 0. The van der Waals surface area contributed by atoms with E-state index in [0.717, 1.165) is 28.5 Å². The predicted octanol–water partition coefficient (Wildman–Crippen LogP) is 4.31. The maximum absolute atomic E-state index is 6.58. The van der Waals surface area contributed by atoms with Gasteiger partial charge in [-0.15, -0.1) is 0 Å². The standard InChI is InChI=1S/C19H19Cl2N3/c1-13(15-7-6-8-16(20)11-15)22-12-18-14(2)23-24(19(18)21)17-9-4-3-5-10-17/h3-11,13,22H,12H2,1-2H3/p+1/t13-/m1/s1. The van der Waals surface area contributed by atoms with Crippen molar-refractivity contribution < 1.29 is 5.32 Å². The number of nitrogens with two attached hydrogens (primary N) is 1. The average Bonchev–Trinajstić information content (AvgIpc) is 2.88. The van der Waals surface area contributed by atoms with Crippen LogP contribution in [0.2, 0.25) is 10.2 Å². The minimum Gasteiger partial charge on any atom is -0.336 e. The Kier molecular flexibility index (Phi) is 5.24. The maximum atomic E-state index is 6.58. The van der Waals surface area contributed by atoms with Crippen molar-refractivity contribution in [1.82, 2.24) is 9.78 Å². The first-order chi connectivity index (χ1) is 11.6. The molecule has 124 valence electrons. The van der Waals surface area contributed by atoms with Gasteiger partial charge in [-0.25, -0.2) is 4.68 Å². The molecule has 0 amide bonds. The van der Waals surface area contributed by atoms with Crippen LogP contribution in [0.15, 0.2) is 54.6 Å². The SMILES string of the molecule is Cc1nn(-c2ccccc2)c(Cl)c1C[NH2+][C@H](C)c1cccc(Cl)c1. The van der Waals surface area contributed by atoms with Crippen molar-refractivity contribution in [3.05, 3.63) is 81.6 Å². The number of hydrogen-bond acceptors (Lipinski definition) is 1. The van der Waals surface area contributed by atoms with Crippen molar-refractivity contribution in [3.8, 4) is 5.69 Å². The Bertz CT molecular complexity index is 828. The molecular weight excluding hydrogens is 341 g/mol. The number of para-hydroxylation sites is 1. The highest BCUT2D eigenvalue weighted by molar-refractivity contribution is 6.31. The van der Waals surface area contributed by atoms with E-state index in [4.69, 9.17) is 23.2 Å². The number of aryl methyl sites for hydroxylation is 1. The van der Waals surface area contributed by atoms with Gasteiger partial charge in [-0.3, -0.25) is 0 Å². The second-order valence-electron chi connectivity index (χ2n) is 5.89. The van der Waals surface area contributed by atoms with Crippen LogP contribution in [-0.2, 0) is 6.54 Å². The monoisotopic (exact) mass is 360 g/mol. The molecule has 0 aliphatic heterocycles. The number of nitrogens with zero attached hydrogens (tertiary/aromatic N) is 2. The van der Waals surface area contributed by atoms with Crippen LogP contribution in [0.4, 0.5) is 0 Å². The fourth-order valence-electron chi connectivity index (χ4n) is 2.72. The molecule has 1 heterocycles. The zero-order valence-electron chi connectivity index (χ0n) is 13.7. The van der Waals surface area contributed by atoms with E-state index in [1.54, 1.807) is 4.68 Å². The fourth-order valence-corrected chi connectivity index (χ4v) is 3.27. The Morgan fingerprint density at radius 1 is 1.08 bits per heavy atom. The highest BCUT2D eigenvalue weighted by Gasteiger charge is 2.18. The van der Waals surface area contributed by atoms with Crippen LogP contribution in [0, 0.1) is 6.92 Å². The Hall–Kier alpha value is -1.81. The molecule has 24 heavy (non-hydrogen) atoms. The molecule has 0 fully saturated rings. The highest BCUT2D eigenvalue weighted by atomic mass is 35.5. The molecule has 2 aromatic carbocycles. The molecule has 2 N–H and O–H groups in total. The zero-order valence-corrected chi connectivity index (χ0v) is 15.2. The minimum atomic E-state index is 0.291. The first-order valence-electron chi connectivity index (χ1n) is 7.94. The molecule has 0 aliphatic rings. The molecule has 0 saturated heterocycles. The molecule has 3 aromatic rings. The number of rotatable bonds is 5. The molecule has 0 unspecified atom stereocenters. The second kappa shape index (κ2) is 7.39. The molecule has 0 radical (unpaired) electrons. The van der Waals surface area contributed by atoms with Gasteiger partial charge in [0, 0.05) is 10.6 Å². The average molecular weight is 361 g/mol. The molecule has 0 bridgehead atoms. The van der Waals surface area contributed by atoms with Crippen LogP contribution in [0.5, 0.6) is 0 Å². The first-order valence-corrected chi connectivity index (χ1v) is 8.70. The van der Waals surface area contributed by atoms with Crippen LogP contribution in [0.3, 0.4) is 0 Å². The summed E-state index contributed by atoms with van der Waals surface area (Å²) in [5.41, 5.74) is 4.19. The largest absolute Gasteiger partial charge is 0.336 e. The summed E-state index contributed by atoms with van der Waals surface area (Å²) in [7, 11) is 0. The molecule has 1 aromatic heterocycles. The fraction of sp³-hybridized carbons (Fsp3) is 0.211. The van der Waals surface area contributed by atoms with Gasteiger partial charge in [0.15, 0.2) is 0 Å². The lowest BCUT2D eigenvalue weighted by Crippen LogP contribution is -2.83. The summed E-state index contributed by atoms with van der Waals surface area (Å²) in [5, 5.41) is 8.27. The van der Waals surface area contributed by atoms with Crippen molar-refractivity contribution >= 4 is 23.2 Å². The maximum Gasteiger partial charge on any atom is 0.142 e. The van der Waals surface area contributed by atoms with Crippen LogP contribution in [0.25, 0.3) is 5.69 Å². The van der Waals surface area contributed by atoms with E-state index in [0.29, 0.717) is 11.2 Å². The van der Waals surface area contributed by atoms with Gasteiger partial charge < -0.3 is 5.32 Å². The van der Waals surface area contributed by atoms with Crippen LogP contribution in [-0.4, -0.2) is 9.78 Å². The zero-order chi connectivity index (χ0) is 17.1. The Labute approximate surface area is 152 Å². The lowest BCUT2D eigenvalue weighted by atomic mass is 10.1. The van der Waals surface area contributed by atoms with E-state index in [1.807, 2.05) is 55.5 Å². The normalized spacial score (nSPS) is 12.3. The van der Waals surface area contributed by atoms with Gasteiger partial charge in [-0.05, 0) is 38.1 Å². The van der Waals surface area contributed by atoms with Gasteiger partial charge in [-0.2, -0.15) is 5.10 Å². The van der Waals surface area contributed by atoms with Crippen molar-refractivity contribution in [2.75, 3.05) is 0 Å². The molecule has 5 heteroatoms. The van der Waals surface area contributed by atoms with E-state index in [9.17, 15) is 0 Å². The van der Waals surface area contributed by atoms with Crippen molar-refractivity contribution in [1.29, 1.82) is 0 Å². The molecular formula is C19H20Cl2N3+. The van der Waals surface area contributed by atoms with Gasteiger partial charge in [0.2, 0.25) is 0 Å². The summed E-state index contributed by atoms with van der Waals surface area (Å²) in [5.74, 6) is 0. The third kappa shape index (κ3) is 3.64. The van der Waals surface area contributed by atoms with Gasteiger partial charge in [0.05, 0.1) is 16.9 Å². The minimum absolute atomic E-state index is 0.291. The third-order valence-electron chi connectivity index (χ3n) is 4.17. The molecule has 0 aliphatic carbocycles. The van der Waals surface area contributed by atoms with E-state index in [-0.39, 0.29) is 0 Å². The Morgan fingerprint density at radius 2 is 1.83 bits per heavy atom. The Balaban J connectivity index is 1.77.